The lowest BCUT2D eigenvalue weighted by molar-refractivity contribution is -0.155. The Morgan fingerprint density at radius 2 is 2.50 bits per heavy atom. The minimum Gasteiger partial charge on any atom is -0.434 e. The van der Waals surface area contributed by atoms with E-state index in [0.717, 1.165) is 0 Å². The van der Waals surface area contributed by atoms with E-state index in [0.29, 0.717) is 6.41 Å². The minimum atomic E-state index is -1.18. The summed E-state index contributed by atoms with van der Waals surface area (Å²) in [4.78, 5) is 20.2. The number of esters is 1. The second-order valence-corrected chi connectivity index (χ2v) is 1.98. The molecule has 1 fully saturated rings. The molecule has 0 saturated carbocycles. The molecular weight excluding hydrogens is 138 g/mol. The van der Waals surface area contributed by atoms with Crippen LogP contribution in [0.5, 0.6) is 0 Å². The van der Waals surface area contributed by atoms with E-state index in [1.807, 2.05) is 0 Å². The Hall–Kier alpha value is -1.10. The van der Waals surface area contributed by atoms with Gasteiger partial charge in [0, 0.05) is 0 Å². The van der Waals surface area contributed by atoms with E-state index in [1.54, 1.807) is 0 Å². The number of aliphatic hydroxyl groups is 1. The topological polar surface area (TPSA) is 75.6 Å². The van der Waals surface area contributed by atoms with Gasteiger partial charge in [-0.2, -0.15) is 0 Å². The maximum absolute atomic E-state index is 10.4. The van der Waals surface area contributed by atoms with Crippen LogP contribution in [0.25, 0.3) is 0 Å². The number of cyclic esters (lactones) is 1. The first-order valence-electron chi connectivity index (χ1n) is 2.81. The highest BCUT2D eigenvalue weighted by atomic mass is 16.6. The molecule has 0 radical (unpaired) electrons. The van der Waals surface area contributed by atoms with Crippen molar-refractivity contribution in [3.63, 3.8) is 0 Å². The molecule has 2 atom stereocenters. The lowest BCUT2D eigenvalue weighted by atomic mass is 10.2. The second kappa shape index (κ2) is 2.66. The predicted octanol–water partition coefficient (Wildman–Crippen LogP) is -1.63. The first-order chi connectivity index (χ1) is 4.74. The van der Waals surface area contributed by atoms with E-state index in [9.17, 15) is 9.59 Å². The molecule has 1 aliphatic heterocycles. The van der Waals surface area contributed by atoms with Crippen LogP contribution in [0.2, 0.25) is 0 Å². The summed E-state index contributed by atoms with van der Waals surface area (Å²) in [6.07, 6.45) is -0.715. The van der Waals surface area contributed by atoms with Crippen LogP contribution in [0.4, 0.5) is 0 Å². The van der Waals surface area contributed by atoms with Crippen LogP contribution < -0.4 is 5.32 Å². The van der Waals surface area contributed by atoms with Gasteiger partial charge in [-0.25, -0.2) is 0 Å². The Bertz CT molecular complexity index is 158. The van der Waals surface area contributed by atoms with Gasteiger partial charge in [-0.3, -0.25) is 9.59 Å². The molecule has 1 rings (SSSR count). The molecule has 0 spiro atoms. The number of amides is 1. The maximum Gasteiger partial charge on any atom is 0.310 e. The van der Waals surface area contributed by atoms with E-state index >= 15 is 0 Å². The minimum absolute atomic E-state index is 0.0416. The normalized spacial score (nSPS) is 31.5. The van der Waals surface area contributed by atoms with Crippen LogP contribution in [0.1, 0.15) is 6.42 Å². The smallest absolute Gasteiger partial charge is 0.310 e. The highest BCUT2D eigenvalue weighted by Gasteiger charge is 2.32. The Labute approximate surface area is 57.0 Å². The van der Waals surface area contributed by atoms with Crippen LogP contribution in [0.3, 0.4) is 0 Å². The molecule has 5 heteroatoms. The van der Waals surface area contributed by atoms with Crippen molar-refractivity contribution in [3.8, 4) is 0 Å². The lowest BCUT2D eigenvalue weighted by Gasteiger charge is -2.08. The molecule has 2 N–H and O–H groups in total. The highest BCUT2D eigenvalue weighted by Crippen LogP contribution is 2.11. The van der Waals surface area contributed by atoms with Crippen LogP contribution in [0, 0.1) is 0 Å². The van der Waals surface area contributed by atoms with Gasteiger partial charge >= 0.3 is 5.97 Å². The van der Waals surface area contributed by atoms with Crippen molar-refractivity contribution in [2.24, 2.45) is 0 Å². The zero-order chi connectivity index (χ0) is 7.56. The Balaban J connectivity index is 2.45. The average Bonchev–Trinajstić information content (AvgIpc) is 2.13. The van der Waals surface area contributed by atoms with Crippen molar-refractivity contribution in [1.29, 1.82) is 0 Å². The monoisotopic (exact) mass is 145 g/mol. The Kier molecular flexibility index (Phi) is 1.86. The van der Waals surface area contributed by atoms with Crippen molar-refractivity contribution >= 4 is 12.4 Å². The van der Waals surface area contributed by atoms with Gasteiger partial charge in [0.1, 0.15) is 6.04 Å². The second-order valence-electron chi connectivity index (χ2n) is 1.98. The molecule has 2 unspecified atom stereocenters. The lowest BCUT2D eigenvalue weighted by Crippen LogP contribution is -2.35. The molecule has 0 aromatic carbocycles. The van der Waals surface area contributed by atoms with Gasteiger partial charge in [-0.1, -0.05) is 0 Å². The molecule has 10 heavy (non-hydrogen) atoms. The van der Waals surface area contributed by atoms with Gasteiger partial charge < -0.3 is 15.2 Å². The van der Waals surface area contributed by atoms with Gasteiger partial charge in [0.25, 0.3) is 0 Å². The fourth-order valence-corrected chi connectivity index (χ4v) is 0.774. The molecule has 0 aliphatic carbocycles. The predicted molar refractivity (Wildman–Crippen MR) is 29.7 cm³/mol. The summed E-state index contributed by atoms with van der Waals surface area (Å²) in [5, 5.41) is 11.1. The number of rotatable bonds is 2. The third kappa shape index (κ3) is 1.24. The third-order valence-electron chi connectivity index (χ3n) is 1.27. The standard InChI is InChI=1S/C5H7NO4/c7-2-6-3-1-4(8)10-5(3)9/h2-3,5,9H,1H2,(H,6,7). The molecule has 5 nitrogen and oxygen atoms in total. The van der Waals surface area contributed by atoms with Crippen LogP contribution in [-0.2, 0) is 14.3 Å². The highest BCUT2D eigenvalue weighted by molar-refractivity contribution is 5.73. The molecule has 0 aromatic rings. The van der Waals surface area contributed by atoms with Crippen molar-refractivity contribution in [2.45, 2.75) is 18.8 Å². The molecule has 1 aliphatic rings. The summed E-state index contributed by atoms with van der Waals surface area (Å²) in [6.45, 7) is 0. The van der Waals surface area contributed by atoms with E-state index < -0.39 is 18.3 Å². The molecule has 1 heterocycles. The Morgan fingerprint density at radius 3 is 2.90 bits per heavy atom. The molecule has 1 saturated heterocycles. The van der Waals surface area contributed by atoms with Gasteiger partial charge in [0.2, 0.25) is 12.7 Å². The third-order valence-corrected chi connectivity index (χ3v) is 1.27. The number of carbonyl (C=O) groups excluding carboxylic acids is 2. The summed E-state index contributed by atoms with van der Waals surface area (Å²) in [5.74, 6) is -0.494. The summed E-state index contributed by atoms with van der Waals surface area (Å²) >= 11 is 0. The average molecular weight is 145 g/mol. The summed E-state index contributed by atoms with van der Waals surface area (Å²) < 4.78 is 4.32. The molecule has 0 aromatic heterocycles. The van der Waals surface area contributed by atoms with Crippen molar-refractivity contribution < 1.29 is 19.4 Å². The van der Waals surface area contributed by atoms with Crippen molar-refractivity contribution in [3.05, 3.63) is 0 Å². The van der Waals surface area contributed by atoms with Crippen LogP contribution in [0.15, 0.2) is 0 Å². The summed E-state index contributed by atoms with van der Waals surface area (Å²) in [5.41, 5.74) is 0. The molecule has 0 bridgehead atoms. The first-order valence-corrected chi connectivity index (χ1v) is 2.81. The number of hydrogen-bond donors (Lipinski definition) is 2. The molecular formula is C5H7NO4. The summed E-state index contributed by atoms with van der Waals surface area (Å²) in [7, 11) is 0. The number of hydrogen-bond acceptors (Lipinski definition) is 4. The zero-order valence-electron chi connectivity index (χ0n) is 5.11. The van der Waals surface area contributed by atoms with Gasteiger partial charge in [0.05, 0.1) is 6.42 Å². The molecule has 1 amide bonds. The quantitative estimate of drug-likeness (QED) is 0.361. The van der Waals surface area contributed by atoms with Crippen molar-refractivity contribution in [2.75, 3.05) is 0 Å². The van der Waals surface area contributed by atoms with E-state index in [-0.39, 0.29) is 6.42 Å². The van der Waals surface area contributed by atoms with E-state index in [1.165, 1.54) is 0 Å². The fourth-order valence-electron chi connectivity index (χ4n) is 0.774. The van der Waals surface area contributed by atoms with Crippen molar-refractivity contribution in [1.82, 2.24) is 5.32 Å². The van der Waals surface area contributed by atoms with Crippen LogP contribution >= 0.6 is 0 Å². The maximum atomic E-state index is 10.4. The zero-order valence-corrected chi connectivity index (χ0v) is 5.11. The largest absolute Gasteiger partial charge is 0.434 e. The fraction of sp³-hybridized carbons (Fsp3) is 0.600. The van der Waals surface area contributed by atoms with E-state index in [2.05, 4.69) is 10.1 Å². The SMILES string of the molecule is O=CNC1CC(=O)OC1O. The number of carbonyl (C=O) groups is 2. The molecule has 56 valence electrons. The van der Waals surface area contributed by atoms with Crippen LogP contribution in [-0.4, -0.2) is 29.8 Å². The van der Waals surface area contributed by atoms with Gasteiger partial charge in [-0.15, -0.1) is 0 Å². The number of aliphatic hydroxyl groups excluding tert-OH is 1. The summed E-state index contributed by atoms with van der Waals surface area (Å²) in [6, 6.07) is -0.579. The van der Waals surface area contributed by atoms with E-state index in [4.69, 9.17) is 5.11 Å². The first kappa shape index (κ1) is 7.01. The van der Waals surface area contributed by atoms with Gasteiger partial charge in [-0.05, 0) is 0 Å². The Morgan fingerprint density at radius 1 is 1.80 bits per heavy atom. The number of ether oxygens (including phenoxy) is 1. The number of nitrogens with one attached hydrogen (secondary N) is 1. The van der Waals surface area contributed by atoms with Gasteiger partial charge in [0.15, 0.2) is 0 Å².